The Morgan fingerprint density at radius 1 is 1.22 bits per heavy atom. The van der Waals surface area contributed by atoms with Gasteiger partial charge in [-0.15, -0.1) is 0 Å². The number of piperidine rings is 1. The van der Waals surface area contributed by atoms with Gasteiger partial charge in [-0.3, -0.25) is 4.79 Å². The lowest BCUT2D eigenvalue weighted by atomic mass is 9.90. The molecular formula is C15H22N2O. The van der Waals surface area contributed by atoms with Crippen LogP contribution in [-0.4, -0.2) is 24.5 Å². The van der Waals surface area contributed by atoms with E-state index in [9.17, 15) is 4.79 Å². The SMILES string of the molecule is Cc1ccc(C(=O)NC2(C)CCNCC2)cc1C. The molecule has 1 aliphatic rings. The molecule has 1 aliphatic heterocycles. The van der Waals surface area contributed by atoms with Crippen molar-refractivity contribution < 1.29 is 4.79 Å². The van der Waals surface area contributed by atoms with Gasteiger partial charge >= 0.3 is 0 Å². The molecule has 1 amide bonds. The highest BCUT2D eigenvalue weighted by atomic mass is 16.1. The average Bonchev–Trinajstić information content (AvgIpc) is 2.33. The third kappa shape index (κ3) is 2.91. The minimum Gasteiger partial charge on any atom is -0.347 e. The normalized spacial score (nSPS) is 18.4. The summed E-state index contributed by atoms with van der Waals surface area (Å²) in [5.74, 6) is 0.0440. The van der Waals surface area contributed by atoms with Gasteiger partial charge in [0.15, 0.2) is 0 Å². The molecule has 0 unspecified atom stereocenters. The second kappa shape index (κ2) is 5.11. The van der Waals surface area contributed by atoms with Crippen LogP contribution in [0.25, 0.3) is 0 Å². The Bertz CT molecular complexity index is 448. The summed E-state index contributed by atoms with van der Waals surface area (Å²) in [6.45, 7) is 8.18. The number of hydrogen-bond acceptors (Lipinski definition) is 2. The van der Waals surface area contributed by atoms with Crippen molar-refractivity contribution in [2.45, 2.75) is 39.2 Å². The first-order chi connectivity index (χ1) is 8.50. The number of amides is 1. The van der Waals surface area contributed by atoms with E-state index in [0.29, 0.717) is 0 Å². The summed E-state index contributed by atoms with van der Waals surface area (Å²) in [5.41, 5.74) is 3.08. The second-order valence-corrected chi connectivity index (χ2v) is 5.56. The molecule has 98 valence electrons. The average molecular weight is 246 g/mol. The molecule has 2 N–H and O–H groups in total. The molecule has 1 aromatic carbocycles. The molecule has 0 aromatic heterocycles. The molecule has 0 bridgehead atoms. The Morgan fingerprint density at radius 2 is 1.89 bits per heavy atom. The van der Waals surface area contributed by atoms with Gasteiger partial charge in [0.25, 0.3) is 5.91 Å². The van der Waals surface area contributed by atoms with Crippen LogP contribution in [0.3, 0.4) is 0 Å². The minimum atomic E-state index is -0.0683. The third-order valence-corrected chi connectivity index (χ3v) is 3.89. The number of carbonyl (C=O) groups is 1. The fraction of sp³-hybridized carbons (Fsp3) is 0.533. The van der Waals surface area contributed by atoms with Crippen LogP contribution in [0, 0.1) is 13.8 Å². The highest BCUT2D eigenvalue weighted by Crippen LogP contribution is 2.18. The van der Waals surface area contributed by atoms with Crippen molar-refractivity contribution in [1.82, 2.24) is 10.6 Å². The topological polar surface area (TPSA) is 41.1 Å². The molecule has 1 saturated heterocycles. The van der Waals surface area contributed by atoms with Crippen LogP contribution in [0.1, 0.15) is 41.3 Å². The fourth-order valence-electron chi connectivity index (χ4n) is 2.33. The molecule has 18 heavy (non-hydrogen) atoms. The van der Waals surface area contributed by atoms with E-state index in [1.54, 1.807) is 0 Å². The van der Waals surface area contributed by atoms with Gasteiger partial charge in [0.1, 0.15) is 0 Å². The molecule has 2 rings (SSSR count). The van der Waals surface area contributed by atoms with E-state index in [1.807, 2.05) is 25.1 Å². The third-order valence-electron chi connectivity index (χ3n) is 3.89. The number of aryl methyl sites for hydroxylation is 2. The van der Waals surface area contributed by atoms with Crippen molar-refractivity contribution in [3.8, 4) is 0 Å². The first-order valence-electron chi connectivity index (χ1n) is 6.61. The van der Waals surface area contributed by atoms with E-state index in [-0.39, 0.29) is 11.4 Å². The standard InChI is InChI=1S/C15H22N2O/c1-11-4-5-13(10-12(11)2)14(18)17-15(3)6-8-16-9-7-15/h4-5,10,16H,6-9H2,1-3H3,(H,17,18). The van der Waals surface area contributed by atoms with Crippen molar-refractivity contribution in [3.63, 3.8) is 0 Å². The number of rotatable bonds is 2. The quantitative estimate of drug-likeness (QED) is 0.839. The maximum atomic E-state index is 12.3. The highest BCUT2D eigenvalue weighted by molar-refractivity contribution is 5.95. The van der Waals surface area contributed by atoms with Gasteiger partial charge in [-0.25, -0.2) is 0 Å². The summed E-state index contributed by atoms with van der Waals surface area (Å²) in [7, 11) is 0. The second-order valence-electron chi connectivity index (χ2n) is 5.56. The zero-order valence-corrected chi connectivity index (χ0v) is 11.5. The molecule has 0 spiro atoms. The summed E-state index contributed by atoms with van der Waals surface area (Å²) >= 11 is 0. The molecule has 0 aliphatic carbocycles. The summed E-state index contributed by atoms with van der Waals surface area (Å²) in [6, 6.07) is 5.88. The van der Waals surface area contributed by atoms with Crippen LogP contribution in [0.5, 0.6) is 0 Å². The first kappa shape index (κ1) is 13.1. The van der Waals surface area contributed by atoms with E-state index in [1.165, 1.54) is 5.56 Å². The lowest BCUT2D eigenvalue weighted by molar-refractivity contribution is 0.0887. The van der Waals surface area contributed by atoms with Crippen LogP contribution >= 0.6 is 0 Å². The Kier molecular flexibility index (Phi) is 3.71. The van der Waals surface area contributed by atoms with Crippen molar-refractivity contribution in [1.29, 1.82) is 0 Å². The van der Waals surface area contributed by atoms with Crippen molar-refractivity contribution in [2.24, 2.45) is 0 Å². The van der Waals surface area contributed by atoms with Crippen molar-refractivity contribution in [2.75, 3.05) is 13.1 Å². The van der Waals surface area contributed by atoms with E-state index in [2.05, 4.69) is 24.5 Å². The number of nitrogens with one attached hydrogen (secondary N) is 2. The van der Waals surface area contributed by atoms with E-state index < -0.39 is 0 Å². The van der Waals surface area contributed by atoms with E-state index in [0.717, 1.165) is 37.1 Å². The number of hydrogen-bond donors (Lipinski definition) is 2. The zero-order chi connectivity index (χ0) is 13.2. The van der Waals surface area contributed by atoms with Gasteiger partial charge in [0, 0.05) is 11.1 Å². The van der Waals surface area contributed by atoms with Gasteiger partial charge < -0.3 is 10.6 Å². The van der Waals surface area contributed by atoms with Crippen LogP contribution in [0.2, 0.25) is 0 Å². The molecule has 1 fully saturated rings. The Balaban J connectivity index is 2.09. The van der Waals surface area contributed by atoms with Gasteiger partial charge in [-0.05, 0) is 70.0 Å². The predicted molar refractivity (Wildman–Crippen MR) is 73.9 cm³/mol. The molecule has 3 heteroatoms. The van der Waals surface area contributed by atoms with Crippen LogP contribution in [0.15, 0.2) is 18.2 Å². The summed E-state index contributed by atoms with van der Waals surface area (Å²) in [5, 5.41) is 6.50. The molecular weight excluding hydrogens is 224 g/mol. The molecule has 0 saturated carbocycles. The lowest BCUT2D eigenvalue weighted by Crippen LogP contribution is -2.52. The van der Waals surface area contributed by atoms with Crippen LogP contribution in [-0.2, 0) is 0 Å². The van der Waals surface area contributed by atoms with Gasteiger partial charge in [0.05, 0.1) is 0 Å². The van der Waals surface area contributed by atoms with E-state index in [4.69, 9.17) is 0 Å². The molecule has 0 atom stereocenters. The number of benzene rings is 1. The zero-order valence-electron chi connectivity index (χ0n) is 11.5. The van der Waals surface area contributed by atoms with Gasteiger partial charge in [-0.2, -0.15) is 0 Å². The molecule has 1 aromatic rings. The smallest absolute Gasteiger partial charge is 0.251 e. The maximum absolute atomic E-state index is 12.3. The highest BCUT2D eigenvalue weighted by Gasteiger charge is 2.28. The summed E-state index contributed by atoms with van der Waals surface area (Å²) in [6.07, 6.45) is 1.98. The minimum absolute atomic E-state index is 0.0440. The van der Waals surface area contributed by atoms with Crippen LogP contribution < -0.4 is 10.6 Å². The van der Waals surface area contributed by atoms with Gasteiger partial charge in [0.2, 0.25) is 0 Å². The van der Waals surface area contributed by atoms with Crippen molar-refractivity contribution >= 4 is 5.91 Å². The van der Waals surface area contributed by atoms with E-state index >= 15 is 0 Å². The van der Waals surface area contributed by atoms with Gasteiger partial charge in [-0.1, -0.05) is 6.07 Å². The largest absolute Gasteiger partial charge is 0.347 e. The molecule has 3 nitrogen and oxygen atoms in total. The van der Waals surface area contributed by atoms with Crippen LogP contribution in [0.4, 0.5) is 0 Å². The fourth-order valence-corrected chi connectivity index (χ4v) is 2.33. The number of carbonyl (C=O) groups excluding carboxylic acids is 1. The Labute approximate surface area is 109 Å². The Hall–Kier alpha value is -1.35. The monoisotopic (exact) mass is 246 g/mol. The summed E-state index contributed by atoms with van der Waals surface area (Å²) in [4.78, 5) is 12.3. The lowest BCUT2D eigenvalue weighted by Gasteiger charge is -2.35. The maximum Gasteiger partial charge on any atom is 0.251 e. The molecule has 1 heterocycles. The summed E-state index contributed by atoms with van der Waals surface area (Å²) < 4.78 is 0. The first-order valence-corrected chi connectivity index (χ1v) is 6.61. The molecule has 0 radical (unpaired) electrons. The van der Waals surface area contributed by atoms with Crippen molar-refractivity contribution in [3.05, 3.63) is 34.9 Å². The Morgan fingerprint density at radius 3 is 2.50 bits per heavy atom. The predicted octanol–water partition coefficient (Wildman–Crippen LogP) is 2.18.